The van der Waals surface area contributed by atoms with Gasteiger partial charge in [0.25, 0.3) is 5.91 Å². The van der Waals surface area contributed by atoms with Crippen LogP contribution >= 0.6 is 0 Å². The third kappa shape index (κ3) is 5.23. The number of amides is 1. The van der Waals surface area contributed by atoms with Crippen molar-refractivity contribution in [3.8, 4) is 28.6 Å². The molecule has 2 heterocycles. The summed E-state index contributed by atoms with van der Waals surface area (Å²) in [5.41, 5.74) is 4.72. The average Bonchev–Trinajstić information content (AvgIpc) is 3.39. The highest BCUT2D eigenvalue weighted by molar-refractivity contribution is 5.98. The largest absolute Gasteiger partial charge is 0.493 e. The van der Waals surface area contributed by atoms with E-state index < -0.39 is 0 Å². The fraction of sp³-hybridized carbons (Fsp3) is 0.429. The van der Waals surface area contributed by atoms with E-state index >= 15 is 0 Å². The quantitative estimate of drug-likeness (QED) is 0.272. The smallest absolute Gasteiger partial charge is 0.251 e. The van der Waals surface area contributed by atoms with Gasteiger partial charge in [-0.2, -0.15) is 0 Å². The van der Waals surface area contributed by atoms with Crippen LogP contribution in [0.25, 0.3) is 22.4 Å². The van der Waals surface area contributed by atoms with Crippen molar-refractivity contribution < 1.29 is 19.0 Å². The van der Waals surface area contributed by atoms with E-state index in [2.05, 4.69) is 50.0 Å². The molecule has 1 saturated heterocycles. The molecule has 3 fully saturated rings. The summed E-state index contributed by atoms with van der Waals surface area (Å²) < 4.78 is 19.1. The predicted octanol–water partition coefficient (Wildman–Crippen LogP) is 5.54. The summed E-state index contributed by atoms with van der Waals surface area (Å²) >= 11 is 0. The van der Waals surface area contributed by atoms with Gasteiger partial charge in [0, 0.05) is 61.1 Å². The van der Waals surface area contributed by atoms with Crippen molar-refractivity contribution in [1.29, 1.82) is 0 Å². The molecule has 9 heteroatoms. The Balaban J connectivity index is 1.05. The number of benzene rings is 3. The van der Waals surface area contributed by atoms with Crippen LogP contribution in [-0.4, -0.2) is 80.0 Å². The second kappa shape index (κ2) is 12.0. The lowest BCUT2D eigenvalue weighted by Crippen LogP contribution is -2.58. The molecule has 0 bridgehead atoms. The number of ether oxygens (including phenoxy) is 3. The van der Waals surface area contributed by atoms with Crippen molar-refractivity contribution in [2.45, 2.75) is 50.2 Å². The number of fused-ring (bicyclic) bond motifs is 1. The number of methoxy groups -OCH3 is 3. The Morgan fingerprint density at radius 1 is 0.841 bits per heavy atom. The average molecular weight is 596 g/mol. The summed E-state index contributed by atoms with van der Waals surface area (Å²) in [4.78, 5) is 23.5. The van der Waals surface area contributed by atoms with E-state index in [9.17, 15) is 4.79 Å². The van der Waals surface area contributed by atoms with Gasteiger partial charge in [0.05, 0.1) is 32.4 Å². The van der Waals surface area contributed by atoms with Crippen LogP contribution in [0.1, 0.15) is 48.5 Å². The molecule has 3 aliphatic rings. The number of nitrogens with zero attached hydrogens (tertiary/aromatic N) is 4. The van der Waals surface area contributed by atoms with Crippen LogP contribution in [0.4, 0.5) is 5.69 Å². The van der Waals surface area contributed by atoms with E-state index in [4.69, 9.17) is 19.2 Å². The van der Waals surface area contributed by atoms with E-state index in [1.807, 2.05) is 30.3 Å². The molecule has 3 aromatic carbocycles. The molecular formula is C35H41N5O4. The van der Waals surface area contributed by atoms with Crippen molar-refractivity contribution in [3.05, 3.63) is 66.2 Å². The molecule has 9 nitrogen and oxygen atoms in total. The van der Waals surface area contributed by atoms with Gasteiger partial charge >= 0.3 is 0 Å². The molecule has 44 heavy (non-hydrogen) atoms. The molecule has 7 rings (SSSR count). The minimum Gasteiger partial charge on any atom is -0.493 e. The molecule has 4 aromatic rings. The maximum absolute atomic E-state index is 13.4. The van der Waals surface area contributed by atoms with E-state index in [0.717, 1.165) is 74.3 Å². The molecule has 1 aliphatic heterocycles. The van der Waals surface area contributed by atoms with Gasteiger partial charge in [-0.05, 0) is 74.6 Å². The van der Waals surface area contributed by atoms with E-state index in [1.54, 1.807) is 21.3 Å². The third-order valence-electron chi connectivity index (χ3n) is 9.71. The van der Waals surface area contributed by atoms with Crippen LogP contribution < -0.4 is 24.4 Å². The lowest BCUT2D eigenvalue weighted by molar-refractivity contribution is 0.0737. The zero-order valence-electron chi connectivity index (χ0n) is 25.8. The van der Waals surface area contributed by atoms with Crippen LogP contribution in [0.2, 0.25) is 0 Å². The maximum atomic E-state index is 13.4. The molecule has 2 saturated carbocycles. The van der Waals surface area contributed by atoms with Crippen molar-refractivity contribution >= 4 is 22.6 Å². The first kappa shape index (κ1) is 28.5. The number of carbonyl (C=O) groups is 1. The topological polar surface area (TPSA) is 81.1 Å². The van der Waals surface area contributed by atoms with E-state index in [-0.39, 0.29) is 11.9 Å². The Hall–Kier alpha value is -4.24. The lowest BCUT2D eigenvalue weighted by Gasteiger charge is -2.47. The number of piperazine rings is 1. The van der Waals surface area contributed by atoms with Crippen LogP contribution in [0, 0.1) is 0 Å². The number of hydrogen-bond acceptors (Lipinski definition) is 7. The van der Waals surface area contributed by atoms with E-state index in [0.29, 0.717) is 34.9 Å². The molecule has 0 atom stereocenters. The number of aromatic nitrogens is 2. The molecular weight excluding hydrogens is 554 g/mol. The Labute approximate surface area is 258 Å². The minimum absolute atomic E-state index is 0.0139. The van der Waals surface area contributed by atoms with Crippen LogP contribution in [0.15, 0.2) is 60.7 Å². The highest BCUT2D eigenvalue weighted by Gasteiger charge is 2.36. The number of rotatable bonds is 9. The monoisotopic (exact) mass is 595 g/mol. The number of imidazole rings is 1. The summed E-state index contributed by atoms with van der Waals surface area (Å²) in [5, 5.41) is 3.31. The zero-order valence-corrected chi connectivity index (χ0v) is 25.8. The molecule has 2 aliphatic carbocycles. The minimum atomic E-state index is -0.0139. The molecule has 0 unspecified atom stereocenters. The zero-order chi connectivity index (χ0) is 30.2. The SMILES string of the molecule is COc1cc(-c2nc3ccc(C(=O)NC4CC(N5CCN(c6ccccc6)CC5)C4)cc3n2C2CCC2)cc(OC)c1OC. The van der Waals surface area contributed by atoms with Crippen LogP contribution in [0.3, 0.4) is 0 Å². The normalized spacial score (nSPS) is 20.6. The van der Waals surface area contributed by atoms with Gasteiger partial charge < -0.3 is 29.0 Å². The van der Waals surface area contributed by atoms with Gasteiger partial charge in [0.15, 0.2) is 11.5 Å². The predicted molar refractivity (Wildman–Crippen MR) is 172 cm³/mol. The number of hydrogen-bond donors (Lipinski definition) is 1. The summed E-state index contributed by atoms with van der Waals surface area (Å²) in [6.07, 6.45) is 5.36. The van der Waals surface area contributed by atoms with Crippen LogP contribution in [0.5, 0.6) is 17.2 Å². The van der Waals surface area contributed by atoms with Crippen molar-refractivity contribution in [3.63, 3.8) is 0 Å². The van der Waals surface area contributed by atoms with Crippen molar-refractivity contribution in [2.75, 3.05) is 52.4 Å². The highest BCUT2D eigenvalue weighted by atomic mass is 16.5. The summed E-state index contributed by atoms with van der Waals surface area (Å²) in [6, 6.07) is 21.5. The van der Waals surface area contributed by atoms with Gasteiger partial charge in [-0.1, -0.05) is 18.2 Å². The fourth-order valence-electron chi connectivity index (χ4n) is 6.92. The van der Waals surface area contributed by atoms with Gasteiger partial charge in [-0.25, -0.2) is 4.98 Å². The van der Waals surface area contributed by atoms with Gasteiger partial charge in [-0.15, -0.1) is 0 Å². The molecule has 230 valence electrons. The Bertz CT molecular complexity index is 1610. The summed E-state index contributed by atoms with van der Waals surface area (Å²) in [7, 11) is 4.85. The van der Waals surface area contributed by atoms with Gasteiger partial charge in [0.2, 0.25) is 5.75 Å². The second-order valence-corrected chi connectivity index (χ2v) is 12.2. The van der Waals surface area contributed by atoms with Gasteiger partial charge in [0.1, 0.15) is 5.82 Å². The summed E-state index contributed by atoms with van der Waals surface area (Å²) in [6.45, 7) is 4.22. The Kier molecular flexibility index (Phi) is 7.80. The third-order valence-corrected chi connectivity index (χ3v) is 9.71. The fourth-order valence-corrected chi connectivity index (χ4v) is 6.92. The Morgan fingerprint density at radius 3 is 2.16 bits per heavy atom. The first-order valence-corrected chi connectivity index (χ1v) is 15.7. The number of nitrogens with one attached hydrogen (secondary N) is 1. The molecule has 1 aromatic heterocycles. The van der Waals surface area contributed by atoms with Crippen molar-refractivity contribution in [1.82, 2.24) is 19.8 Å². The van der Waals surface area contributed by atoms with E-state index in [1.165, 1.54) is 12.1 Å². The summed E-state index contributed by atoms with van der Waals surface area (Å²) in [5.74, 6) is 2.56. The lowest BCUT2D eigenvalue weighted by atomic mass is 9.85. The molecule has 1 amide bonds. The number of anilines is 1. The van der Waals surface area contributed by atoms with Gasteiger partial charge in [-0.3, -0.25) is 9.69 Å². The van der Waals surface area contributed by atoms with Crippen molar-refractivity contribution in [2.24, 2.45) is 0 Å². The number of para-hydroxylation sites is 1. The molecule has 1 N–H and O–H groups in total. The Morgan fingerprint density at radius 2 is 1.55 bits per heavy atom. The first-order valence-electron chi connectivity index (χ1n) is 15.7. The molecule has 0 radical (unpaired) electrons. The second-order valence-electron chi connectivity index (χ2n) is 12.2. The highest BCUT2D eigenvalue weighted by Crippen LogP contribution is 2.44. The van der Waals surface area contributed by atoms with Crippen LogP contribution in [-0.2, 0) is 0 Å². The number of carbonyl (C=O) groups excluding carboxylic acids is 1. The molecule has 0 spiro atoms. The first-order chi connectivity index (χ1) is 21.6. The maximum Gasteiger partial charge on any atom is 0.251 e. The standard InChI is InChI=1S/C35H41N5O4/c1-42-31-19-24(20-32(43-2)33(31)44-3)34-37-29-13-12-23(18-30(29)40(34)27-10-7-11-27)35(41)36-25-21-28(22-25)39-16-14-38(15-17-39)26-8-5-4-6-9-26/h4-6,8-9,12-13,18-20,25,27-28H,7,10-11,14-17,21-22H2,1-3H3,(H,36,41).